The Bertz CT molecular complexity index is 218. The molecule has 60 valence electrons. The molecule has 0 aromatic heterocycles. The summed E-state index contributed by atoms with van der Waals surface area (Å²) >= 11 is 5.67. The van der Waals surface area contributed by atoms with Gasteiger partial charge in [0, 0.05) is 5.88 Å². The molecule has 0 saturated heterocycles. The summed E-state index contributed by atoms with van der Waals surface area (Å²) < 4.78 is 0. The van der Waals surface area contributed by atoms with Crippen molar-refractivity contribution in [2.45, 2.75) is 13.3 Å². The van der Waals surface area contributed by atoms with Gasteiger partial charge in [-0.2, -0.15) is 0 Å². The van der Waals surface area contributed by atoms with Gasteiger partial charge in [-0.25, -0.2) is 0 Å². The van der Waals surface area contributed by atoms with Gasteiger partial charge in [-0.05, 0) is 13.3 Å². The van der Waals surface area contributed by atoms with E-state index in [2.05, 4.69) is 0 Å². The number of halogens is 1. The average molecular weight is 171 g/mol. The van der Waals surface area contributed by atoms with Crippen LogP contribution in [0.3, 0.4) is 0 Å². The van der Waals surface area contributed by atoms with Crippen molar-refractivity contribution in [3.05, 3.63) is 23.8 Å². The maximum atomic E-state index is 10.7. The first-order valence-electron chi connectivity index (χ1n) is 3.61. The van der Waals surface area contributed by atoms with E-state index in [1.54, 1.807) is 0 Å². The Morgan fingerprint density at radius 1 is 1.82 bits per heavy atom. The molecule has 0 spiro atoms. The molecule has 0 aromatic carbocycles. The molecular weight excluding hydrogens is 160 g/mol. The van der Waals surface area contributed by atoms with Crippen LogP contribution in [0.1, 0.15) is 13.3 Å². The first-order valence-corrected chi connectivity index (χ1v) is 4.14. The zero-order valence-electron chi connectivity index (χ0n) is 6.51. The van der Waals surface area contributed by atoms with Crippen molar-refractivity contribution >= 4 is 17.9 Å². The van der Waals surface area contributed by atoms with Gasteiger partial charge in [0.05, 0.1) is 5.41 Å². The molecule has 0 N–H and O–H groups in total. The molecular formula is C9H11ClO. The van der Waals surface area contributed by atoms with Crippen LogP contribution in [0.25, 0.3) is 0 Å². The van der Waals surface area contributed by atoms with Crippen LogP contribution in [0, 0.1) is 5.41 Å². The molecule has 2 heteroatoms. The largest absolute Gasteiger partial charge is 0.302 e. The highest BCUT2D eigenvalue weighted by atomic mass is 35.5. The van der Waals surface area contributed by atoms with E-state index in [4.69, 9.17) is 11.6 Å². The maximum absolute atomic E-state index is 10.7. The van der Waals surface area contributed by atoms with Crippen molar-refractivity contribution in [3.8, 4) is 0 Å². The number of hydrogen-bond donors (Lipinski definition) is 0. The average Bonchev–Trinajstić information content (AvgIpc) is 2.07. The Kier molecular flexibility index (Phi) is 2.50. The van der Waals surface area contributed by atoms with Gasteiger partial charge in [0.25, 0.3) is 0 Å². The summed E-state index contributed by atoms with van der Waals surface area (Å²) in [5, 5.41) is 0. The fraction of sp³-hybridized carbons (Fsp3) is 0.444. The lowest BCUT2D eigenvalue weighted by molar-refractivity contribution is -0.113. The SMILES string of the molecule is CC1=CCC(C=O)(CCl)C=C1. The van der Waals surface area contributed by atoms with Gasteiger partial charge in [-0.3, -0.25) is 0 Å². The summed E-state index contributed by atoms with van der Waals surface area (Å²) in [4.78, 5) is 10.7. The van der Waals surface area contributed by atoms with E-state index in [0.29, 0.717) is 5.88 Å². The molecule has 1 unspecified atom stereocenters. The first kappa shape index (κ1) is 8.54. The molecule has 11 heavy (non-hydrogen) atoms. The highest BCUT2D eigenvalue weighted by molar-refractivity contribution is 6.19. The van der Waals surface area contributed by atoms with E-state index in [1.807, 2.05) is 25.2 Å². The van der Waals surface area contributed by atoms with E-state index in [0.717, 1.165) is 12.7 Å². The summed E-state index contributed by atoms with van der Waals surface area (Å²) in [6, 6.07) is 0. The van der Waals surface area contributed by atoms with E-state index in [1.165, 1.54) is 5.57 Å². The predicted octanol–water partition coefficient (Wildman–Crippen LogP) is 2.32. The van der Waals surface area contributed by atoms with E-state index >= 15 is 0 Å². The maximum Gasteiger partial charge on any atom is 0.131 e. The van der Waals surface area contributed by atoms with Crippen LogP contribution in [-0.4, -0.2) is 12.2 Å². The number of carbonyl (C=O) groups excluding carboxylic acids is 1. The number of allylic oxidation sites excluding steroid dienone is 4. The van der Waals surface area contributed by atoms with Crippen molar-refractivity contribution in [1.82, 2.24) is 0 Å². The third kappa shape index (κ3) is 1.72. The molecule has 0 saturated carbocycles. The van der Waals surface area contributed by atoms with Crippen molar-refractivity contribution < 1.29 is 4.79 Å². The zero-order valence-corrected chi connectivity index (χ0v) is 7.27. The lowest BCUT2D eigenvalue weighted by Crippen LogP contribution is -2.22. The minimum absolute atomic E-state index is 0.372. The van der Waals surface area contributed by atoms with Crippen LogP contribution in [0.4, 0.5) is 0 Å². The molecule has 1 aliphatic rings. The quantitative estimate of drug-likeness (QED) is 0.459. The summed E-state index contributed by atoms with van der Waals surface area (Å²) in [5.74, 6) is 0.372. The van der Waals surface area contributed by atoms with Gasteiger partial charge in [0.2, 0.25) is 0 Å². The summed E-state index contributed by atoms with van der Waals surface area (Å²) in [7, 11) is 0. The lowest BCUT2D eigenvalue weighted by atomic mass is 9.83. The van der Waals surface area contributed by atoms with Gasteiger partial charge in [0.15, 0.2) is 0 Å². The standard InChI is InChI=1S/C9H11ClO/c1-8-2-4-9(6-10,7-11)5-3-8/h2-4,7H,5-6H2,1H3. The third-order valence-electron chi connectivity index (χ3n) is 1.97. The highest BCUT2D eigenvalue weighted by Crippen LogP contribution is 2.28. The molecule has 0 fully saturated rings. The monoisotopic (exact) mass is 170 g/mol. The Hall–Kier alpha value is -0.560. The number of aldehydes is 1. The van der Waals surface area contributed by atoms with Crippen LogP contribution < -0.4 is 0 Å². The Morgan fingerprint density at radius 2 is 2.55 bits per heavy atom. The van der Waals surface area contributed by atoms with Crippen LogP contribution in [0.5, 0.6) is 0 Å². The van der Waals surface area contributed by atoms with E-state index in [-0.39, 0.29) is 0 Å². The molecule has 0 amide bonds. The molecule has 1 nitrogen and oxygen atoms in total. The van der Waals surface area contributed by atoms with Crippen molar-refractivity contribution in [2.24, 2.45) is 5.41 Å². The van der Waals surface area contributed by atoms with Crippen molar-refractivity contribution in [1.29, 1.82) is 0 Å². The fourth-order valence-electron chi connectivity index (χ4n) is 1.00. The number of alkyl halides is 1. The molecule has 1 rings (SSSR count). The zero-order chi connectivity index (χ0) is 8.32. The summed E-state index contributed by atoms with van der Waals surface area (Å²) in [6.45, 7) is 2.01. The van der Waals surface area contributed by atoms with Gasteiger partial charge < -0.3 is 4.79 Å². The predicted molar refractivity (Wildman–Crippen MR) is 46.7 cm³/mol. The number of carbonyl (C=O) groups is 1. The fourth-order valence-corrected chi connectivity index (χ4v) is 1.26. The van der Waals surface area contributed by atoms with Gasteiger partial charge >= 0.3 is 0 Å². The Morgan fingerprint density at radius 3 is 2.91 bits per heavy atom. The Labute approximate surface area is 71.7 Å². The molecule has 1 atom stereocenters. The van der Waals surface area contributed by atoms with Gasteiger partial charge in [-0.1, -0.05) is 23.8 Å². The summed E-state index contributed by atoms with van der Waals surface area (Å²) in [5.41, 5.74) is 0.772. The third-order valence-corrected chi connectivity index (χ3v) is 2.46. The number of rotatable bonds is 2. The lowest BCUT2D eigenvalue weighted by Gasteiger charge is -2.22. The van der Waals surface area contributed by atoms with Gasteiger partial charge in [0.1, 0.15) is 6.29 Å². The first-order chi connectivity index (χ1) is 5.22. The van der Waals surface area contributed by atoms with Crippen LogP contribution in [0.15, 0.2) is 23.8 Å². The second-order valence-corrected chi connectivity index (χ2v) is 3.24. The molecule has 0 aromatic rings. The smallest absolute Gasteiger partial charge is 0.131 e. The molecule has 0 aliphatic heterocycles. The van der Waals surface area contributed by atoms with Crippen LogP contribution >= 0.6 is 11.6 Å². The van der Waals surface area contributed by atoms with Crippen molar-refractivity contribution in [3.63, 3.8) is 0 Å². The van der Waals surface area contributed by atoms with Crippen LogP contribution in [0.2, 0.25) is 0 Å². The minimum atomic E-state index is -0.429. The summed E-state index contributed by atoms with van der Waals surface area (Å²) in [6.07, 6.45) is 7.54. The minimum Gasteiger partial charge on any atom is -0.302 e. The second kappa shape index (κ2) is 3.22. The van der Waals surface area contributed by atoms with E-state index < -0.39 is 5.41 Å². The topological polar surface area (TPSA) is 17.1 Å². The Balaban J connectivity index is 2.79. The molecule has 0 heterocycles. The highest BCUT2D eigenvalue weighted by Gasteiger charge is 2.25. The van der Waals surface area contributed by atoms with E-state index in [9.17, 15) is 4.79 Å². The molecule has 0 radical (unpaired) electrons. The van der Waals surface area contributed by atoms with Crippen molar-refractivity contribution in [2.75, 3.05) is 5.88 Å². The molecule has 1 aliphatic carbocycles. The normalized spacial score (nSPS) is 29.8. The molecule has 0 bridgehead atoms. The van der Waals surface area contributed by atoms with Gasteiger partial charge in [-0.15, -0.1) is 11.6 Å². The van der Waals surface area contributed by atoms with Crippen LogP contribution in [-0.2, 0) is 4.79 Å². The second-order valence-electron chi connectivity index (χ2n) is 2.97. The number of hydrogen-bond acceptors (Lipinski definition) is 1.